The van der Waals surface area contributed by atoms with Crippen molar-refractivity contribution in [1.29, 1.82) is 0 Å². The molecule has 2 rings (SSSR count). The fraction of sp³-hybridized carbons (Fsp3) is 0.0625. The van der Waals surface area contributed by atoms with Crippen LogP contribution in [0.25, 0.3) is 6.08 Å². The zero-order chi connectivity index (χ0) is 14.4. The van der Waals surface area contributed by atoms with E-state index < -0.39 is 0 Å². The number of hydrogen-bond acceptors (Lipinski definition) is 1. The van der Waals surface area contributed by atoms with Crippen LogP contribution in [-0.4, -0.2) is 5.91 Å². The average Bonchev–Trinajstić information content (AvgIpc) is 2.46. The Morgan fingerprint density at radius 2 is 1.85 bits per heavy atom. The predicted octanol–water partition coefficient (Wildman–Crippen LogP) is 4.43. The molecule has 0 atom stereocenters. The van der Waals surface area contributed by atoms with Crippen molar-refractivity contribution in [3.8, 4) is 0 Å². The Bertz CT molecular complexity index is 623. The number of carbonyl (C=O) groups is 1. The molecule has 2 aromatic rings. The first-order chi connectivity index (χ1) is 9.65. The SMILES string of the molecule is O=C(C=Cc1ccc(Br)cc1)NCc1ccccc1Cl. The number of carbonyl (C=O) groups excluding carboxylic acids is 1. The first-order valence-electron chi connectivity index (χ1n) is 6.10. The van der Waals surface area contributed by atoms with Gasteiger partial charge in [-0.15, -0.1) is 0 Å². The number of nitrogens with one attached hydrogen (secondary N) is 1. The van der Waals surface area contributed by atoms with Crippen molar-refractivity contribution in [3.63, 3.8) is 0 Å². The molecule has 2 aromatic carbocycles. The van der Waals surface area contributed by atoms with Crippen molar-refractivity contribution in [2.75, 3.05) is 0 Å². The highest BCUT2D eigenvalue weighted by Gasteiger charge is 2.00. The zero-order valence-corrected chi connectivity index (χ0v) is 13.0. The third-order valence-corrected chi connectivity index (χ3v) is 3.61. The number of rotatable bonds is 4. The molecule has 0 spiro atoms. The molecule has 1 amide bonds. The van der Waals surface area contributed by atoms with Crippen LogP contribution in [0, 0.1) is 0 Å². The van der Waals surface area contributed by atoms with E-state index in [1.54, 1.807) is 12.1 Å². The van der Waals surface area contributed by atoms with E-state index in [0.717, 1.165) is 15.6 Å². The minimum atomic E-state index is -0.146. The summed E-state index contributed by atoms with van der Waals surface area (Å²) >= 11 is 9.39. The van der Waals surface area contributed by atoms with Crippen LogP contribution in [0.2, 0.25) is 5.02 Å². The molecule has 0 aliphatic rings. The molecular weight excluding hydrogens is 338 g/mol. The molecule has 20 heavy (non-hydrogen) atoms. The molecule has 0 aromatic heterocycles. The van der Waals surface area contributed by atoms with Gasteiger partial charge in [0.2, 0.25) is 5.91 Å². The van der Waals surface area contributed by atoms with Gasteiger partial charge < -0.3 is 5.32 Å². The van der Waals surface area contributed by atoms with Crippen molar-refractivity contribution in [1.82, 2.24) is 5.32 Å². The van der Waals surface area contributed by atoms with Gasteiger partial charge >= 0.3 is 0 Å². The Morgan fingerprint density at radius 1 is 1.15 bits per heavy atom. The van der Waals surface area contributed by atoms with Crippen LogP contribution in [-0.2, 0) is 11.3 Å². The van der Waals surface area contributed by atoms with E-state index in [-0.39, 0.29) is 5.91 Å². The summed E-state index contributed by atoms with van der Waals surface area (Å²) < 4.78 is 1.01. The maximum atomic E-state index is 11.7. The highest BCUT2D eigenvalue weighted by molar-refractivity contribution is 9.10. The third kappa shape index (κ3) is 4.51. The first-order valence-corrected chi connectivity index (χ1v) is 7.27. The molecule has 2 nitrogen and oxygen atoms in total. The molecule has 0 saturated carbocycles. The standard InChI is InChI=1S/C16H13BrClNO/c17-14-8-5-12(6-9-14)7-10-16(20)19-11-13-3-1-2-4-15(13)18/h1-10H,11H2,(H,19,20). The van der Waals surface area contributed by atoms with Gasteiger partial charge in [-0.1, -0.05) is 57.9 Å². The van der Waals surface area contributed by atoms with Gasteiger partial charge in [0.05, 0.1) is 0 Å². The second kappa shape index (κ2) is 7.27. The Morgan fingerprint density at radius 3 is 2.55 bits per heavy atom. The summed E-state index contributed by atoms with van der Waals surface area (Å²) in [7, 11) is 0. The fourth-order valence-electron chi connectivity index (χ4n) is 1.63. The van der Waals surface area contributed by atoms with Gasteiger partial charge in [-0.2, -0.15) is 0 Å². The number of amides is 1. The minimum absolute atomic E-state index is 0.146. The van der Waals surface area contributed by atoms with Gasteiger partial charge in [0.25, 0.3) is 0 Å². The monoisotopic (exact) mass is 349 g/mol. The summed E-state index contributed by atoms with van der Waals surface area (Å²) in [5, 5.41) is 3.46. The smallest absolute Gasteiger partial charge is 0.244 e. The van der Waals surface area contributed by atoms with Crippen LogP contribution < -0.4 is 5.32 Å². The summed E-state index contributed by atoms with van der Waals surface area (Å²) in [6.07, 6.45) is 3.29. The van der Waals surface area contributed by atoms with E-state index in [2.05, 4.69) is 21.2 Å². The Kier molecular flexibility index (Phi) is 5.39. The van der Waals surface area contributed by atoms with Crippen molar-refractivity contribution >= 4 is 39.5 Å². The van der Waals surface area contributed by atoms with Crippen LogP contribution in [0.3, 0.4) is 0 Å². The van der Waals surface area contributed by atoms with E-state index in [1.165, 1.54) is 6.08 Å². The highest BCUT2D eigenvalue weighted by Crippen LogP contribution is 2.14. The summed E-state index contributed by atoms with van der Waals surface area (Å²) in [5.74, 6) is -0.146. The van der Waals surface area contributed by atoms with Gasteiger partial charge in [0.15, 0.2) is 0 Å². The lowest BCUT2D eigenvalue weighted by Crippen LogP contribution is -2.20. The van der Waals surface area contributed by atoms with E-state index in [9.17, 15) is 4.79 Å². The fourth-order valence-corrected chi connectivity index (χ4v) is 2.10. The lowest BCUT2D eigenvalue weighted by atomic mass is 10.2. The van der Waals surface area contributed by atoms with Crippen LogP contribution in [0.15, 0.2) is 59.1 Å². The first kappa shape index (κ1) is 14.8. The predicted molar refractivity (Wildman–Crippen MR) is 86.5 cm³/mol. The van der Waals surface area contributed by atoms with Gasteiger partial charge in [0, 0.05) is 22.1 Å². The average molecular weight is 351 g/mol. The maximum Gasteiger partial charge on any atom is 0.244 e. The summed E-state index contributed by atoms with van der Waals surface area (Å²) in [5.41, 5.74) is 1.88. The van der Waals surface area contributed by atoms with E-state index >= 15 is 0 Å². The van der Waals surface area contributed by atoms with E-state index in [1.807, 2.05) is 42.5 Å². The highest BCUT2D eigenvalue weighted by atomic mass is 79.9. The molecule has 0 radical (unpaired) electrons. The molecule has 0 aliphatic heterocycles. The summed E-state index contributed by atoms with van der Waals surface area (Å²) in [6, 6.07) is 15.2. The lowest BCUT2D eigenvalue weighted by molar-refractivity contribution is -0.116. The Labute approximate surface area is 131 Å². The largest absolute Gasteiger partial charge is 0.348 e. The summed E-state index contributed by atoms with van der Waals surface area (Å²) in [6.45, 7) is 0.420. The Hall–Kier alpha value is -1.58. The third-order valence-electron chi connectivity index (χ3n) is 2.71. The molecule has 102 valence electrons. The minimum Gasteiger partial charge on any atom is -0.348 e. The van der Waals surface area contributed by atoms with Gasteiger partial charge in [-0.3, -0.25) is 4.79 Å². The number of hydrogen-bond donors (Lipinski definition) is 1. The van der Waals surface area contributed by atoms with Crippen molar-refractivity contribution < 1.29 is 4.79 Å². The van der Waals surface area contributed by atoms with Crippen LogP contribution in [0.4, 0.5) is 0 Å². The zero-order valence-electron chi connectivity index (χ0n) is 10.6. The molecule has 0 aliphatic carbocycles. The van der Waals surface area contributed by atoms with Crippen molar-refractivity contribution in [2.45, 2.75) is 6.54 Å². The second-order valence-corrected chi connectivity index (χ2v) is 5.52. The molecule has 1 N–H and O–H groups in total. The van der Waals surface area contributed by atoms with Gasteiger partial charge in [0.1, 0.15) is 0 Å². The molecule has 0 saturated heterocycles. The molecule has 0 bridgehead atoms. The molecule has 0 unspecified atom stereocenters. The normalized spacial score (nSPS) is 10.7. The molecule has 0 heterocycles. The van der Waals surface area contributed by atoms with Gasteiger partial charge in [-0.05, 0) is 35.4 Å². The number of halogens is 2. The quantitative estimate of drug-likeness (QED) is 0.812. The van der Waals surface area contributed by atoms with E-state index in [4.69, 9.17) is 11.6 Å². The second-order valence-electron chi connectivity index (χ2n) is 4.19. The lowest BCUT2D eigenvalue weighted by Gasteiger charge is -2.04. The topological polar surface area (TPSA) is 29.1 Å². The number of benzene rings is 2. The van der Waals surface area contributed by atoms with E-state index in [0.29, 0.717) is 11.6 Å². The van der Waals surface area contributed by atoms with Crippen LogP contribution in [0.1, 0.15) is 11.1 Å². The van der Waals surface area contributed by atoms with Crippen molar-refractivity contribution in [2.24, 2.45) is 0 Å². The Balaban J connectivity index is 1.90. The maximum absolute atomic E-state index is 11.7. The van der Waals surface area contributed by atoms with Crippen molar-refractivity contribution in [3.05, 3.63) is 75.2 Å². The molecule has 4 heteroatoms. The van der Waals surface area contributed by atoms with Crippen LogP contribution >= 0.6 is 27.5 Å². The van der Waals surface area contributed by atoms with Crippen LogP contribution in [0.5, 0.6) is 0 Å². The molecule has 0 fully saturated rings. The summed E-state index contributed by atoms with van der Waals surface area (Å²) in [4.78, 5) is 11.7. The molecular formula is C16H13BrClNO. The van der Waals surface area contributed by atoms with Gasteiger partial charge in [-0.25, -0.2) is 0 Å².